The molecule has 0 aliphatic heterocycles. The van der Waals surface area contributed by atoms with Gasteiger partial charge >= 0.3 is 0 Å². The first-order valence-corrected chi connectivity index (χ1v) is 8.85. The maximum atomic E-state index is 12.5. The van der Waals surface area contributed by atoms with E-state index in [0.29, 0.717) is 27.3 Å². The van der Waals surface area contributed by atoms with Crippen LogP contribution in [0.25, 0.3) is 10.6 Å². The predicted molar refractivity (Wildman–Crippen MR) is 93.3 cm³/mol. The summed E-state index contributed by atoms with van der Waals surface area (Å²) < 4.78 is 0. The third-order valence-corrected chi connectivity index (χ3v) is 5.52. The van der Waals surface area contributed by atoms with Gasteiger partial charge in [0.1, 0.15) is 10.7 Å². The number of carbonyl (C=O) groups excluding carboxylic acids is 1. The van der Waals surface area contributed by atoms with Gasteiger partial charge < -0.3 is 10.0 Å². The summed E-state index contributed by atoms with van der Waals surface area (Å²) in [6, 6.07) is 5.20. The van der Waals surface area contributed by atoms with Crippen LogP contribution in [0.2, 0.25) is 10.0 Å². The van der Waals surface area contributed by atoms with E-state index in [2.05, 4.69) is 4.98 Å². The molecule has 1 heterocycles. The minimum absolute atomic E-state index is 0.108. The summed E-state index contributed by atoms with van der Waals surface area (Å²) >= 11 is 13.5. The number of hydrogen-bond donors (Lipinski definition) is 1. The highest BCUT2D eigenvalue weighted by Crippen LogP contribution is 2.45. The normalized spacial score (nSPS) is 15.5. The quantitative estimate of drug-likeness (QED) is 0.866. The number of rotatable bonds is 5. The van der Waals surface area contributed by atoms with E-state index < -0.39 is 0 Å². The van der Waals surface area contributed by atoms with Crippen molar-refractivity contribution in [2.24, 2.45) is 5.41 Å². The van der Waals surface area contributed by atoms with Gasteiger partial charge in [-0.25, -0.2) is 4.98 Å². The minimum atomic E-state index is -0.141. The van der Waals surface area contributed by atoms with Crippen molar-refractivity contribution in [3.8, 4) is 10.6 Å². The molecular weight excluding hydrogens is 355 g/mol. The van der Waals surface area contributed by atoms with Crippen LogP contribution in [0.4, 0.5) is 0 Å². The molecule has 4 nitrogen and oxygen atoms in total. The van der Waals surface area contributed by atoms with Gasteiger partial charge in [-0.1, -0.05) is 23.2 Å². The third kappa shape index (κ3) is 3.53. The monoisotopic (exact) mass is 370 g/mol. The number of aliphatic hydroxyl groups is 1. The van der Waals surface area contributed by atoms with Gasteiger partial charge in [-0.15, -0.1) is 11.3 Å². The van der Waals surface area contributed by atoms with Crippen LogP contribution < -0.4 is 0 Å². The molecule has 1 aromatic heterocycles. The lowest BCUT2D eigenvalue weighted by Crippen LogP contribution is -2.34. The Bertz CT molecular complexity index is 743. The summed E-state index contributed by atoms with van der Waals surface area (Å²) in [6.45, 7) is 0.671. The zero-order valence-corrected chi connectivity index (χ0v) is 14.9. The Labute approximate surface area is 148 Å². The molecule has 7 heteroatoms. The van der Waals surface area contributed by atoms with Crippen LogP contribution in [0.3, 0.4) is 0 Å². The number of benzene rings is 1. The van der Waals surface area contributed by atoms with Crippen molar-refractivity contribution >= 4 is 40.4 Å². The molecule has 1 aliphatic rings. The molecule has 0 atom stereocenters. The van der Waals surface area contributed by atoms with Crippen molar-refractivity contribution in [2.75, 3.05) is 20.2 Å². The van der Waals surface area contributed by atoms with E-state index >= 15 is 0 Å². The van der Waals surface area contributed by atoms with E-state index in [1.54, 1.807) is 35.5 Å². The van der Waals surface area contributed by atoms with E-state index in [-0.39, 0.29) is 17.9 Å². The van der Waals surface area contributed by atoms with Crippen molar-refractivity contribution in [2.45, 2.75) is 12.8 Å². The third-order valence-electron chi connectivity index (χ3n) is 4.10. The van der Waals surface area contributed by atoms with Crippen molar-refractivity contribution in [1.29, 1.82) is 0 Å². The summed E-state index contributed by atoms with van der Waals surface area (Å²) in [6.07, 6.45) is 1.92. The summed E-state index contributed by atoms with van der Waals surface area (Å²) in [5.74, 6) is -0.141. The van der Waals surface area contributed by atoms with Crippen LogP contribution in [-0.4, -0.2) is 41.1 Å². The maximum Gasteiger partial charge on any atom is 0.273 e. The summed E-state index contributed by atoms with van der Waals surface area (Å²) in [4.78, 5) is 18.5. The second kappa shape index (κ2) is 6.40. The maximum absolute atomic E-state index is 12.5. The van der Waals surface area contributed by atoms with Crippen molar-refractivity contribution in [3.05, 3.63) is 39.3 Å². The summed E-state index contributed by atoms with van der Waals surface area (Å²) in [5.41, 5.74) is 1.05. The largest absolute Gasteiger partial charge is 0.396 e. The molecule has 1 aromatic carbocycles. The number of hydrogen-bond acceptors (Lipinski definition) is 4. The van der Waals surface area contributed by atoms with Gasteiger partial charge in [0.25, 0.3) is 5.91 Å². The van der Waals surface area contributed by atoms with Crippen molar-refractivity contribution in [3.63, 3.8) is 0 Å². The van der Waals surface area contributed by atoms with Crippen molar-refractivity contribution < 1.29 is 9.90 Å². The molecule has 2 aromatic rings. The van der Waals surface area contributed by atoms with E-state index in [1.807, 2.05) is 0 Å². The Balaban J connectivity index is 1.77. The van der Waals surface area contributed by atoms with Crippen LogP contribution in [0.15, 0.2) is 23.6 Å². The van der Waals surface area contributed by atoms with E-state index in [0.717, 1.165) is 18.4 Å². The fourth-order valence-electron chi connectivity index (χ4n) is 2.47. The van der Waals surface area contributed by atoms with Crippen LogP contribution >= 0.6 is 34.5 Å². The molecule has 3 rings (SSSR count). The molecule has 23 heavy (non-hydrogen) atoms. The Morgan fingerprint density at radius 2 is 2.17 bits per heavy atom. The highest BCUT2D eigenvalue weighted by atomic mass is 35.5. The first kappa shape index (κ1) is 16.7. The Morgan fingerprint density at radius 3 is 2.78 bits per heavy atom. The molecular formula is C16H16Cl2N2O2S. The predicted octanol–water partition coefficient (Wildman–Crippen LogP) is 3.96. The molecule has 0 saturated heterocycles. The molecule has 0 radical (unpaired) electrons. The van der Waals surface area contributed by atoms with E-state index in [9.17, 15) is 9.90 Å². The van der Waals surface area contributed by atoms with E-state index in [4.69, 9.17) is 23.2 Å². The van der Waals surface area contributed by atoms with Crippen LogP contribution in [-0.2, 0) is 0 Å². The van der Waals surface area contributed by atoms with Crippen LogP contribution in [0.1, 0.15) is 23.3 Å². The number of carbonyl (C=O) groups is 1. The number of halogens is 2. The number of aromatic nitrogens is 1. The first-order chi connectivity index (χ1) is 10.9. The zero-order valence-electron chi connectivity index (χ0n) is 12.6. The molecule has 1 aliphatic carbocycles. The first-order valence-electron chi connectivity index (χ1n) is 7.21. The van der Waals surface area contributed by atoms with Gasteiger partial charge in [-0.05, 0) is 31.0 Å². The number of amides is 1. The SMILES string of the molecule is CN(CC1(CO)CC1)C(=O)c1csc(-c2ccc(Cl)cc2Cl)n1. The fraction of sp³-hybridized carbons (Fsp3) is 0.375. The minimum Gasteiger partial charge on any atom is -0.396 e. The van der Waals surface area contributed by atoms with Crippen molar-refractivity contribution in [1.82, 2.24) is 9.88 Å². The highest BCUT2D eigenvalue weighted by molar-refractivity contribution is 7.13. The number of thiazole rings is 1. The smallest absolute Gasteiger partial charge is 0.273 e. The lowest BCUT2D eigenvalue weighted by Gasteiger charge is -2.21. The molecule has 1 N–H and O–H groups in total. The topological polar surface area (TPSA) is 53.4 Å². The molecule has 1 saturated carbocycles. The zero-order chi connectivity index (χ0) is 16.6. The lowest BCUT2D eigenvalue weighted by atomic mass is 10.1. The average Bonchev–Trinajstić information content (AvgIpc) is 3.12. The molecule has 122 valence electrons. The van der Waals surface area contributed by atoms with Gasteiger partial charge in [-0.2, -0.15) is 0 Å². The van der Waals surface area contributed by atoms with E-state index in [1.165, 1.54) is 11.3 Å². The average molecular weight is 371 g/mol. The van der Waals surface area contributed by atoms with Gasteiger partial charge in [0.05, 0.1) is 11.6 Å². The lowest BCUT2D eigenvalue weighted by molar-refractivity contribution is 0.0728. The molecule has 0 bridgehead atoms. The molecule has 1 amide bonds. The Morgan fingerprint density at radius 1 is 1.43 bits per heavy atom. The molecule has 0 unspecified atom stereocenters. The number of aliphatic hydroxyl groups excluding tert-OH is 1. The van der Waals surface area contributed by atoms with Crippen LogP contribution in [0.5, 0.6) is 0 Å². The van der Waals surface area contributed by atoms with Gasteiger partial charge in [0, 0.05) is 35.0 Å². The van der Waals surface area contributed by atoms with Gasteiger partial charge in [0.2, 0.25) is 0 Å². The number of nitrogens with zero attached hydrogens (tertiary/aromatic N) is 2. The Kier molecular flexibility index (Phi) is 4.65. The molecule has 0 spiro atoms. The summed E-state index contributed by atoms with van der Waals surface area (Å²) in [7, 11) is 1.74. The second-order valence-electron chi connectivity index (χ2n) is 5.98. The Hall–Kier alpha value is -1.14. The van der Waals surface area contributed by atoms with Crippen LogP contribution in [0, 0.1) is 5.41 Å². The van der Waals surface area contributed by atoms with Gasteiger partial charge in [0.15, 0.2) is 0 Å². The highest BCUT2D eigenvalue weighted by Gasteiger charge is 2.43. The molecule has 1 fully saturated rings. The summed E-state index contributed by atoms with van der Waals surface area (Å²) in [5, 5.41) is 12.9. The standard InChI is InChI=1S/C16H16Cl2N2O2S/c1-20(8-16(9-21)4-5-16)15(22)13-7-23-14(19-13)11-3-2-10(17)6-12(11)18/h2-3,6-7,21H,4-5,8-9H2,1H3. The van der Waals surface area contributed by atoms with Gasteiger partial charge in [-0.3, -0.25) is 4.79 Å². The second-order valence-corrected chi connectivity index (χ2v) is 7.68. The fourth-order valence-corrected chi connectivity index (χ4v) is 3.86.